The fourth-order valence-corrected chi connectivity index (χ4v) is 1.59. The van der Waals surface area contributed by atoms with Gasteiger partial charge in [0.15, 0.2) is 5.69 Å². The lowest BCUT2D eigenvalue weighted by molar-refractivity contribution is 0.0494. The Morgan fingerprint density at radius 3 is 2.80 bits per heavy atom. The third-order valence-electron chi connectivity index (χ3n) is 2.62. The summed E-state index contributed by atoms with van der Waals surface area (Å²) in [5.41, 5.74) is 7.32. The second kappa shape index (κ2) is 6.38. The molecule has 0 fully saturated rings. The van der Waals surface area contributed by atoms with Crippen molar-refractivity contribution in [2.75, 3.05) is 12.3 Å². The molecule has 20 heavy (non-hydrogen) atoms. The van der Waals surface area contributed by atoms with Crippen LogP contribution < -0.4 is 5.73 Å². The minimum atomic E-state index is -0.489. The zero-order valence-corrected chi connectivity index (χ0v) is 10.8. The number of benzene rings is 1. The maximum Gasteiger partial charge on any atom is 0.358 e. The van der Waals surface area contributed by atoms with Crippen molar-refractivity contribution in [3.05, 3.63) is 42.2 Å². The fourth-order valence-electron chi connectivity index (χ4n) is 1.59. The molecule has 6 heteroatoms. The molecule has 0 aliphatic carbocycles. The zero-order valence-electron chi connectivity index (χ0n) is 10.8. The van der Waals surface area contributed by atoms with Gasteiger partial charge in [-0.25, -0.2) is 9.48 Å². The molecule has 1 heterocycles. The Hall–Kier alpha value is -2.81. The third-order valence-corrected chi connectivity index (χ3v) is 2.62. The highest BCUT2D eigenvalue weighted by atomic mass is 16.5. The van der Waals surface area contributed by atoms with E-state index in [1.54, 1.807) is 29.1 Å². The number of rotatable bonds is 5. The van der Waals surface area contributed by atoms with Gasteiger partial charge >= 0.3 is 5.97 Å². The standard InChI is InChI=1S/C14H14N4O2/c15-8-1-2-10-20-14(19)13-7-9-18(17-13)12-5-3-11(16)4-6-12/h3-7,9H,1-2,10,16H2. The van der Waals surface area contributed by atoms with Gasteiger partial charge in [-0.3, -0.25) is 0 Å². The first-order chi connectivity index (χ1) is 9.70. The Balaban J connectivity index is 2.00. The number of nitrogens with zero attached hydrogens (tertiary/aromatic N) is 3. The molecule has 0 aliphatic heterocycles. The summed E-state index contributed by atoms with van der Waals surface area (Å²) in [4.78, 5) is 11.7. The minimum absolute atomic E-state index is 0.223. The van der Waals surface area contributed by atoms with Gasteiger partial charge in [-0.2, -0.15) is 10.4 Å². The Morgan fingerprint density at radius 2 is 2.10 bits per heavy atom. The first-order valence-electron chi connectivity index (χ1n) is 6.16. The minimum Gasteiger partial charge on any atom is -0.461 e. The largest absolute Gasteiger partial charge is 0.461 e. The van der Waals surface area contributed by atoms with Gasteiger partial charge in [0.1, 0.15) is 0 Å². The van der Waals surface area contributed by atoms with E-state index in [4.69, 9.17) is 15.7 Å². The number of nitrogens with two attached hydrogens (primary N) is 1. The summed E-state index contributed by atoms with van der Waals surface area (Å²) in [6.07, 6.45) is 2.57. The number of hydrogen-bond acceptors (Lipinski definition) is 5. The molecular formula is C14H14N4O2. The number of unbranched alkanes of at least 4 members (excludes halogenated alkanes) is 1. The summed E-state index contributed by atoms with van der Waals surface area (Å²) in [5.74, 6) is -0.489. The number of nitrogen functional groups attached to an aromatic ring is 1. The van der Waals surface area contributed by atoms with Crippen molar-refractivity contribution < 1.29 is 9.53 Å². The van der Waals surface area contributed by atoms with Gasteiger partial charge in [-0.15, -0.1) is 0 Å². The fraction of sp³-hybridized carbons (Fsp3) is 0.214. The molecule has 0 unspecified atom stereocenters. The van der Waals surface area contributed by atoms with E-state index in [1.807, 2.05) is 18.2 Å². The Labute approximate surface area is 116 Å². The first-order valence-corrected chi connectivity index (χ1v) is 6.16. The zero-order chi connectivity index (χ0) is 14.4. The van der Waals surface area contributed by atoms with Gasteiger partial charge < -0.3 is 10.5 Å². The summed E-state index contributed by atoms with van der Waals surface area (Å²) in [6.45, 7) is 0.223. The average molecular weight is 270 g/mol. The highest BCUT2D eigenvalue weighted by molar-refractivity contribution is 5.87. The molecule has 1 aromatic carbocycles. The van der Waals surface area contributed by atoms with Crippen molar-refractivity contribution in [3.8, 4) is 11.8 Å². The van der Waals surface area contributed by atoms with Crippen LogP contribution >= 0.6 is 0 Å². The normalized spacial score (nSPS) is 9.95. The molecule has 0 saturated heterocycles. The Bertz CT molecular complexity index is 625. The first kappa shape index (κ1) is 13.6. The second-order valence-electron chi connectivity index (χ2n) is 4.13. The molecule has 1 aromatic heterocycles. The monoisotopic (exact) mass is 270 g/mol. The lowest BCUT2D eigenvalue weighted by Crippen LogP contribution is -2.08. The highest BCUT2D eigenvalue weighted by Crippen LogP contribution is 2.11. The average Bonchev–Trinajstić information content (AvgIpc) is 2.94. The molecule has 0 amide bonds. The number of aromatic nitrogens is 2. The summed E-state index contributed by atoms with van der Waals surface area (Å²) < 4.78 is 6.59. The SMILES string of the molecule is N#CCCCOC(=O)c1ccn(-c2ccc(N)cc2)n1. The smallest absolute Gasteiger partial charge is 0.358 e. The van der Waals surface area contributed by atoms with Crippen molar-refractivity contribution in [1.82, 2.24) is 9.78 Å². The van der Waals surface area contributed by atoms with E-state index in [2.05, 4.69) is 5.10 Å². The van der Waals surface area contributed by atoms with Crippen molar-refractivity contribution >= 4 is 11.7 Å². The second-order valence-corrected chi connectivity index (χ2v) is 4.13. The van der Waals surface area contributed by atoms with Crippen LogP contribution in [0.3, 0.4) is 0 Å². The van der Waals surface area contributed by atoms with E-state index in [-0.39, 0.29) is 12.3 Å². The number of carbonyl (C=O) groups is 1. The molecule has 0 spiro atoms. The van der Waals surface area contributed by atoms with E-state index in [9.17, 15) is 4.79 Å². The quantitative estimate of drug-likeness (QED) is 0.509. The molecule has 6 nitrogen and oxygen atoms in total. The van der Waals surface area contributed by atoms with Crippen LogP contribution in [0.15, 0.2) is 36.5 Å². The third kappa shape index (κ3) is 3.36. The number of hydrogen-bond donors (Lipinski definition) is 1. The van der Waals surface area contributed by atoms with Crippen molar-refractivity contribution in [1.29, 1.82) is 5.26 Å². The number of carbonyl (C=O) groups excluding carboxylic acids is 1. The number of esters is 1. The van der Waals surface area contributed by atoms with Gasteiger partial charge in [0.05, 0.1) is 18.4 Å². The summed E-state index contributed by atoms with van der Waals surface area (Å²) in [7, 11) is 0. The van der Waals surface area contributed by atoms with E-state index in [0.29, 0.717) is 18.5 Å². The van der Waals surface area contributed by atoms with Crippen LogP contribution in [0.4, 0.5) is 5.69 Å². The Morgan fingerprint density at radius 1 is 1.35 bits per heavy atom. The molecule has 0 radical (unpaired) electrons. The number of anilines is 1. The van der Waals surface area contributed by atoms with Gasteiger partial charge in [0.25, 0.3) is 0 Å². The van der Waals surface area contributed by atoms with Crippen LogP contribution in [-0.4, -0.2) is 22.4 Å². The summed E-state index contributed by atoms with van der Waals surface area (Å²) in [5, 5.41) is 12.5. The predicted octanol–water partition coefficient (Wildman–Crippen LogP) is 1.92. The lowest BCUT2D eigenvalue weighted by atomic mass is 10.3. The maximum atomic E-state index is 11.7. The van der Waals surface area contributed by atoms with Crippen molar-refractivity contribution in [2.45, 2.75) is 12.8 Å². The van der Waals surface area contributed by atoms with Gasteiger partial charge in [-0.05, 0) is 36.8 Å². The molecule has 2 aromatic rings. The molecule has 0 atom stereocenters. The Kier molecular flexibility index (Phi) is 4.35. The number of nitriles is 1. The van der Waals surface area contributed by atoms with Crippen LogP contribution in [-0.2, 0) is 4.74 Å². The van der Waals surface area contributed by atoms with Crippen LogP contribution in [0.1, 0.15) is 23.3 Å². The van der Waals surface area contributed by atoms with Gasteiger partial charge in [-0.1, -0.05) is 0 Å². The van der Waals surface area contributed by atoms with Crippen LogP contribution in [0.2, 0.25) is 0 Å². The van der Waals surface area contributed by atoms with Crippen LogP contribution in [0.25, 0.3) is 5.69 Å². The van der Waals surface area contributed by atoms with Gasteiger partial charge in [0.2, 0.25) is 0 Å². The summed E-state index contributed by atoms with van der Waals surface area (Å²) in [6, 6.07) is 10.7. The molecular weight excluding hydrogens is 256 g/mol. The number of ether oxygens (including phenoxy) is 1. The van der Waals surface area contributed by atoms with Gasteiger partial charge in [0, 0.05) is 18.3 Å². The van der Waals surface area contributed by atoms with Crippen LogP contribution in [0, 0.1) is 11.3 Å². The molecule has 2 rings (SSSR count). The predicted molar refractivity (Wildman–Crippen MR) is 73.1 cm³/mol. The highest BCUT2D eigenvalue weighted by Gasteiger charge is 2.11. The van der Waals surface area contributed by atoms with E-state index in [1.165, 1.54) is 0 Å². The maximum absolute atomic E-state index is 11.7. The van der Waals surface area contributed by atoms with Crippen molar-refractivity contribution in [3.63, 3.8) is 0 Å². The van der Waals surface area contributed by atoms with Crippen LogP contribution in [0.5, 0.6) is 0 Å². The van der Waals surface area contributed by atoms with E-state index in [0.717, 1.165) is 5.69 Å². The molecule has 0 aliphatic rings. The lowest BCUT2D eigenvalue weighted by Gasteiger charge is -2.02. The molecule has 0 saturated carbocycles. The van der Waals surface area contributed by atoms with Crippen molar-refractivity contribution in [2.24, 2.45) is 0 Å². The van der Waals surface area contributed by atoms with E-state index >= 15 is 0 Å². The van der Waals surface area contributed by atoms with E-state index < -0.39 is 5.97 Å². The molecule has 2 N–H and O–H groups in total. The summed E-state index contributed by atoms with van der Waals surface area (Å²) >= 11 is 0. The topological polar surface area (TPSA) is 93.9 Å². The molecule has 102 valence electrons. The molecule has 0 bridgehead atoms.